The van der Waals surface area contributed by atoms with Crippen molar-refractivity contribution in [1.29, 1.82) is 0 Å². The zero-order valence-corrected chi connectivity index (χ0v) is 26.4. The van der Waals surface area contributed by atoms with Crippen LogP contribution >= 0.6 is 11.3 Å². The maximum Gasteiger partial charge on any atom is 0.394 e. The van der Waals surface area contributed by atoms with E-state index in [2.05, 4.69) is 20.2 Å². The highest BCUT2D eigenvalue weighted by atomic mass is 32.1. The molecule has 1 saturated carbocycles. The Hall–Kier alpha value is -3.68. The number of hydrogen-bond acceptors (Lipinski definition) is 7. The lowest BCUT2D eigenvalue weighted by molar-refractivity contribution is -0.204. The third-order valence-corrected chi connectivity index (χ3v) is 11.1. The Kier molecular flexibility index (Phi) is 8.42. The van der Waals surface area contributed by atoms with Crippen LogP contribution in [0.25, 0.3) is 21.5 Å². The van der Waals surface area contributed by atoms with Crippen molar-refractivity contribution in [2.45, 2.75) is 69.7 Å². The number of nitrogens with one attached hydrogen (secondary N) is 2. The molecular weight excluding hydrogens is 634 g/mol. The quantitative estimate of drug-likeness (QED) is 0.200. The molecule has 3 N–H and O–H groups in total. The predicted octanol–water partition coefficient (Wildman–Crippen LogP) is 5.95. The first-order valence-electron chi connectivity index (χ1n) is 16.0. The molecule has 47 heavy (non-hydrogen) atoms. The molecule has 8 nitrogen and oxygen atoms in total. The first-order chi connectivity index (χ1) is 22.5. The van der Waals surface area contributed by atoms with Crippen LogP contribution in [0.1, 0.15) is 71.2 Å². The van der Waals surface area contributed by atoms with Crippen LogP contribution in [0.2, 0.25) is 0 Å². The van der Waals surface area contributed by atoms with Crippen LogP contribution in [0, 0.1) is 17.2 Å². The van der Waals surface area contributed by atoms with Crippen molar-refractivity contribution >= 4 is 27.6 Å². The number of aromatic nitrogens is 3. The average Bonchev–Trinajstić information content (AvgIpc) is 3.78. The first-order valence-corrected chi connectivity index (χ1v) is 16.9. The van der Waals surface area contributed by atoms with Gasteiger partial charge in [-0.3, -0.25) is 9.59 Å². The van der Waals surface area contributed by atoms with E-state index in [1.165, 1.54) is 23.6 Å². The Balaban J connectivity index is 1.10. The number of halogens is 4. The van der Waals surface area contributed by atoms with Gasteiger partial charge < -0.3 is 20.3 Å². The Bertz CT molecular complexity index is 1850. The van der Waals surface area contributed by atoms with Gasteiger partial charge in [0.1, 0.15) is 10.3 Å². The lowest BCUT2D eigenvalue weighted by atomic mass is 9.76. The number of likely N-dealkylation sites (tertiary alicyclic amines) is 1. The van der Waals surface area contributed by atoms with E-state index in [-0.39, 0.29) is 35.9 Å². The zero-order chi connectivity index (χ0) is 32.9. The summed E-state index contributed by atoms with van der Waals surface area (Å²) >= 11 is 1.17. The predicted molar refractivity (Wildman–Crippen MR) is 170 cm³/mol. The second kappa shape index (κ2) is 12.4. The van der Waals surface area contributed by atoms with E-state index < -0.39 is 28.9 Å². The number of aliphatic hydroxyl groups excluding tert-OH is 1. The van der Waals surface area contributed by atoms with E-state index >= 15 is 0 Å². The number of H-pyrrole nitrogens is 1. The van der Waals surface area contributed by atoms with E-state index in [1.807, 2.05) is 30.3 Å². The molecule has 0 bridgehead atoms. The number of aryl methyl sites for hydroxylation is 1. The molecule has 248 valence electrons. The number of thiazole rings is 1. The van der Waals surface area contributed by atoms with Gasteiger partial charge in [-0.2, -0.15) is 13.2 Å². The van der Waals surface area contributed by atoms with Gasteiger partial charge in [0.2, 0.25) is 0 Å². The number of benzene rings is 1. The molecule has 0 radical (unpaired) electrons. The second-order valence-corrected chi connectivity index (χ2v) is 14.1. The van der Waals surface area contributed by atoms with Crippen LogP contribution in [0.3, 0.4) is 0 Å². The molecule has 1 aromatic carbocycles. The van der Waals surface area contributed by atoms with Gasteiger partial charge in [-0.25, -0.2) is 14.4 Å². The minimum atomic E-state index is -4.20. The SMILES string of the molecule is O=C(N[C@H](CCN1CCC(O)CC1)c1ccc(-c2c[nH]c(=O)c(F)c2)cc1)c1nc2cc3c(nc2s1)CC[C@H](C1(C(F)(F)F)CC1)C3. The van der Waals surface area contributed by atoms with Crippen LogP contribution < -0.4 is 10.9 Å². The summed E-state index contributed by atoms with van der Waals surface area (Å²) < 4.78 is 55.4. The molecule has 4 aromatic rings. The zero-order valence-electron chi connectivity index (χ0n) is 25.6. The summed E-state index contributed by atoms with van der Waals surface area (Å²) in [5.74, 6) is -1.71. The summed E-state index contributed by atoms with van der Waals surface area (Å²) in [6, 6.07) is 9.94. The van der Waals surface area contributed by atoms with E-state index in [4.69, 9.17) is 4.98 Å². The van der Waals surface area contributed by atoms with Gasteiger partial charge >= 0.3 is 6.18 Å². The molecule has 1 saturated heterocycles. The largest absolute Gasteiger partial charge is 0.394 e. The molecule has 13 heteroatoms. The van der Waals surface area contributed by atoms with Crippen LogP contribution in [0.15, 0.2) is 47.4 Å². The fourth-order valence-corrected chi connectivity index (χ4v) is 8.01. The molecule has 0 spiro atoms. The lowest BCUT2D eigenvalue weighted by Crippen LogP contribution is -2.38. The third kappa shape index (κ3) is 6.44. The number of rotatable bonds is 8. The second-order valence-electron chi connectivity index (χ2n) is 13.1. The average molecular weight is 670 g/mol. The number of pyridine rings is 2. The smallest absolute Gasteiger partial charge is 0.393 e. The molecule has 2 fully saturated rings. The van der Waals surface area contributed by atoms with Crippen LogP contribution in [-0.4, -0.2) is 62.8 Å². The van der Waals surface area contributed by atoms with Crippen LogP contribution in [0.5, 0.6) is 0 Å². The van der Waals surface area contributed by atoms with E-state index in [0.717, 1.165) is 29.9 Å². The Morgan fingerprint density at radius 1 is 1.11 bits per heavy atom. The molecule has 3 aliphatic rings. The third-order valence-electron chi connectivity index (χ3n) is 10.2. The first kappa shape index (κ1) is 31.9. The van der Waals surface area contributed by atoms with Gasteiger partial charge in [-0.1, -0.05) is 35.6 Å². The molecule has 2 aliphatic carbocycles. The van der Waals surface area contributed by atoms with Crippen molar-refractivity contribution in [3.8, 4) is 11.1 Å². The van der Waals surface area contributed by atoms with Gasteiger partial charge in [0.15, 0.2) is 10.8 Å². The number of carbonyl (C=O) groups is 1. The van der Waals surface area contributed by atoms with E-state index in [1.54, 1.807) is 0 Å². The van der Waals surface area contributed by atoms with E-state index in [9.17, 15) is 32.3 Å². The number of fused-ring (bicyclic) bond motifs is 2. The molecule has 7 rings (SSSR count). The van der Waals surface area contributed by atoms with Gasteiger partial charge in [0, 0.05) is 37.1 Å². The highest BCUT2D eigenvalue weighted by Crippen LogP contribution is 2.64. The molecule has 4 heterocycles. The fraction of sp³-hybridized carbons (Fsp3) is 0.471. The summed E-state index contributed by atoms with van der Waals surface area (Å²) in [4.78, 5) is 39.6. The summed E-state index contributed by atoms with van der Waals surface area (Å²) in [7, 11) is 0. The Labute approximate surface area is 272 Å². The maximum absolute atomic E-state index is 13.9. The molecular formula is C34H35F4N5O3S. The monoisotopic (exact) mass is 669 g/mol. The van der Waals surface area contributed by atoms with Crippen molar-refractivity contribution < 1.29 is 27.5 Å². The molecule has 1 amide bonds. The fourth-order valence-electron chi connectivity index (χ4n) is 7.17. The molecule has 1 aliphatic heterocycles. The minimum Gasteiger partial charge on any atom is -0.393 e. The van der Waals surface area contributed by atoms with Crippen molar-refractivity contribution in [1.82, 2.24) is 25.2 Å². The number of amides is 1. The molecule has 0 unspecified atom stereocenters. The molecule has 3 aromatic heterocycles. The number of hydrogen-bond donors (Lipinski definition) is 3. The lowest BCUT2D eigenvalue weighted by Gasteiger charge is -2.32. The van der Waals surface area contributed by atoms with Crippen molar-refractivity contribution in [3.63, 3.8) is 0 Å². The summed E-state index contributed by atoms with van der Waals surface area (Å²) in [6.45, 7) is 2.22. The highest BCUT2D eigenvalue weighted by molar-refractivity contribution is 7.19. The summed E-state index contributed by atoms with van der Waals surface area (Å²) in [5, 5.41) is 13.3. The maximum atomic E-state index is 13.9. The van der Waals surface area contributed by atoms with Crippen LogP contribution in [0.4, 0.5) is 17.6 Å². The van der Waals surface area contributed by atoms with Gasteiger partial charge in [-0.05, 0) is 86.1 Å². The number of carbonyl (C=O) groups excluding carboxylic acids is 1. The topological polar surface area (TPSA) is 111 Å². The van der Waals surface area contributed by atoms with Gasteiger partial charge in [0.25, 0.3) is 11.5 Å². The van der Waals surface area contributed by atoms with Gasteiger partial charge in [0.05, 0.1) is 17.6 Å². The minimum absolute atomic E-state index is 0.183. The Morgan fingerprint density at radius 2 is 1.85 bits per heavy atom. The van der Waals surface area contributed by atoms with Crippen molar-refractivity contribution in [2.24, 2.45) is 11.3 Å². The summed E-state index contributed by atoms with van der Waals surface area (Å²) in [5.41, 5.74) is 1.77. The number of nitrogens with zero attached hydrogens (tertiary/aromatic N) is 3. The van der Waals surface area contributed by atoms with E-state index in [0.29, 0.717) is 66.5 Å². The summed E-state index contributed by atoms with van der Waals surface area (Å²) in [6.07, 6.45) is 0.539. The Morgan fingerprint density at radius 3 is 2.53 bits per heavy atom. The number of alkyl halides is 3. The van der Waals surface area contributed by atoms with Gasteiger partial charge in [-0.15, -0.1) is 0 Å². The highest BCUT2D eigenvalue weighted by Gasteiger charge is 2.66. The number of piperidine rings is 1. The number of aromatic amines is 1. The van der Waals surface area contributed by atoms with Crippen molar-refractivity contribution in [2.75, 3.05) is 19.6 Å². The standard InChI is InChI=1S/C34H35F4N5O3S/c35-25-16-22(18-39-29(25)45)19-1-3-20(4-2-19)27(9-14-43-12-7-24(44)8-13-43)40-30(46)32-42-28-17-21-15-23(33(10-11-33)34(36,37)38)5-6-26(21)41-31(28)47-32/h1-4,16-18,23-24,27,44H,5-15H2,(H,39,45)(H,40,46)/t23-,27+/m0/s1. The normalized spacial score (nSPS) is 20.6. The number of aliphatic hydroxyl groups is 1. The molecule has 2 atom stereocenters. The van der Waals surface area contributed by atoms with Crippen molar-refractivity contribution in [3.05, 3.63) is 80.6 Å². The van der Waals surface area contributed by atoms with Crippen LogP contribution in [-0.2, 0) is 12.8 Å².